The molecule has 0 radical (unpaired) electrons. The number of rotatable bonds is 1. The van der Waals surface area contributed by atoms with E-state index in [2.05, 4.69) is 4.74 Å². The standard InChI is InChI=1S/C14H3F8NO2/c15-4-2-6-5(23-13(24)14(21,22)25-6)1-3(4)7-8(16)10(18)12(20)11(19)9(7)17/h1-2H,(H,23,24). The van der Waals surface area contributed by atoms with Gasteiger partial charge in [0.1, 0.15) is 5.82 Å². The molecule has 1 aliphatic rings. The highest BCUT2D eigenvalue weighted by Gasteiger charge is 2.46. The normalized spacial score (nSPS) is 15.4. The molecule has 1 aliphatic heterocycles. The van der Waals surface area contributed by atoms with E-state index in [1.54, 1.807) is 5.32 Å². The molecular weight excluding hydrogens is 366 g/mol. The Morgan fingerprint density at radius 3 is 1.92 bits per heavy atom. The van der Waals surface area contributed by atoms with Crippen molar-refractivity contribution in [3.05, 3.63) is 47.0 Å². The van der Waals surface area contributed by atoms with E-state index in [0.29, 0.717) is 6.07 Å². The number of amides is 1. The smallest absolute Gasteiger partial charge is 0.423 e. The van der Waals surface area contributed by atoms with Crippen LogP contribution in [-0.2, 0) is 4.79 Å². The van der Waals surface area contributed by atoms with Crippen LogP contribution in [0, 0.1) is 34.9 Å². The van der Waals surface area contributed by atoms with Crippen molar-refractivity contribution in [1.29, 1.82) is 0 Å². The van der Waals surface area contributed by atoms with Gasteiger partial charge in [-0.25, -0.2) is 26.3 Å². The zero-order chi connectivity index (χ0) is 18.7. The molecule has 0 spiro atoms. The minimum absolute atomic E-state index is 0.218. The minimum Gasteiger partial charge on any atom is -0.423 e. The van der Waals surface area contributed by atoms with Gasteiger partial charge in [0.25, 0.3) is 0 Å². The summed E-state index contributed by atoms with van der Waals surface area (Å²) in [6.45, 7) is 0. The Balaban J connectivity index is 2.25. The molecular formula is C14H3F8NO2. The van der Waals surface area contributed by atoms with Gasteiger partial charge in [-0.3, -0.25) is 4.79 Å². The predicted molar refractivity (Wildman–Crippen MR) is 65.8 cm³/mol. The molecule has 0 saturated carbocycles. The van der Waals surface area contributed by atoms with E-state index < -0.39 is 69.5 Å². The predicted octanol–water partition coefficient (Wildman–Crippen LogP) is 4.11. The Morgan fingerprint density at radius 2 is 1.36 bits per heavy atom. The average Bonchev–Trinajstić information content (AvgIpc) is 2.53. The van der Waals surface area contributed by atoms with E-state index in [1.807, 2.05) is 0 Å². The van der Waals surface area contributed by atoms with Gasteiger partial charge in [0.15, 0.2) is 29.0 Å². The van der Waals surface area contributed by atoms with Crippen LogP contribution in [0.1, 0.15) is 0 Å². The lowest BCUT2D eigenvalue weighted by molar-refractivity contribution is -0.189. The van der Waals surface area contributed by atoms with Gasteiger partial charge in [-0.1, -0.05) is 0 Å². The summed E-state index contributed by atoms with van der Waals surface area (Å²) in [6, 6.07) is 0.631. The summed E-state index contributed by atoms with van der Waals surface area (Å²) in [5.41, 5.74) is -3.42. The van der Waals surface area contributed by atoms with Crippen LogP contribution in [0.5, 0.6) is 5.75 Å². The molecule has 0 bridgehead atoms. The number of nitrogens with one attached hydrogen (secondary N) is 1. The van der Waals surface area contributed by atoms with E-state index in [4.69, 9.17) is 0 Å². The first-order chi connectivity index (χ1) is 11.5. The molecule has 11 heteroatoms. The maximum Gasteiger partial charge on any atom is 0.482 e. The average molecular weight is 369 g/mol. The molecule has 25 heavy (non-hydrogen) atoms. The van der Waals surface area contributed by atoms with Crippen LogP contribution >= 0.6 is 0 Å². The molecule has 3 rings (SSSR count). The fraction of sp³-hybridized carbons (Fsp3) is 0.0714. The molecule has 1 N–H and O–H groups in total. The number of carbonyl (C=O) groups is 1. The van der Waals surface area contributed by atoms with Crippen LogP contribution in [0.2, 0.25) is 0 Å². The van der Waals surface area contributed by atoms with E-state index in [9.17, 15) is 39.9 Å². The molecule has 0 atom stereocenters. The summed E-state index contributed by atoms with van der Waals surface area (Å²) in [5, 5.41) is 1.58. The number of hydrogen-bond acceptors (Lipinski definition) is 2. The summed E-state index contributed by atoms with van der Waals surface area (Å²) in [6.07, 6.45) is -4.33. The summed E-state index contributed by atoms with van der Waals surface area (Å²) >= 11 is 0. The number of alkyl halides is 2. The van der Waals surface area contributed by atoms with Gasteiger partial charge >= 0.3 is 12.0 Å². The van der Waals surface area contributed by atoms with Crippen LogP contribution < -0.4 is 10.1 Å². The fourth-order valence-electron chi connectivity index (χ4n) is 2.15. The second-order valence-corrected chi connectivity index (χ2v) is 4.85. The number of anilines is 1. The van der Waals surface area contributed by atoms with Crippen molar-refractivity contribution in [2.24, 2.45) is 0 Å². The van der Waals surface area contributed by atoms with Gasteiger partial charge in [-0.05, 0) is 6.07 Å². The first-order valence-corrected chi connectivity index (χ1v) is 6.28. The number of halogens is 8. The van der Waals surface area contributed by atoms with Crippen LogP contribution in [-0.4, -0.2) is 12.0 Å². The fourth-order valence-corrected chi connectivity index (χ4v) is 2.15. The molecule has 0 aliphatic carbocycles. The Morgan fingerprint density at radius 1 is 0.840 bits per heavy atom. The lowest BCUT2D eigenvalue weighted by Crippen LogP contribution is -2.43. The highest BCUT2D eigenvalue weighted by molar-refractivity contribution is 5.99. The molecule has 2 aromatic carbocycles. The molecule has 0 fully saturated rings. The van der Waals surface area contributed by atoms with Crippen molar-refractivity contribution in [2.75, 3.05) is 5.32 Å². The van der Waals surface area contributed by atoms with Gasteiger partial charge in [-0.2, -0.15) is 8.78 Å². The highest BCUT2D eigenvalue weighted by Crippen LogP contribution is 2.41. The van der Waals surface area contributed by atoms with Crippen molar-refractivity contribution >= 4 is 11.6 Å². The Kier molecular flexibility index (Phi) is 3.62. The quantitative estimate of drug-likeness (QED) is 0.467. The minimum atomic E-state index is -4.33. The number of benzene rings is 2. The van der Waals surface area contributed by atoms with Crippen molar-refractivity contribution in [1.82, 2.24) is 0 Å². The Bertz CT molecular complexity index is 899. The first-order valence-electron chi connectivity index (χ1n) is 6.28. The maximum absolute atomic E-state index is 14.0. The molecule has 1 heterocycles. The zero-order valence-electron chi connectivity index (χ0n) is 11.5. The second kappa shape index (κ2) is 5.33. The lowest BCUT2D eigenvalue weighted by Gasteiger charge is -2.25. The van der Waals surface area contributed by atoms with Crippen molar-refractivity contribution in [2.45, 2.75) is 6.11 Å². The lowest BCUT2D eigenvalue weighted by atomic mass is 10.0. The van der Waals surface area contributed by atoms with Crippen LogP contribution in [0.15, 0.2) is 12.1 Å². The topological polar surface area (TPSA) is 38.3 Å². The monoisotopic (exact) mass is 369 g/mol. The third-order valence-electron chi connectivity index (χ3n) is 3.30. The Labute approximate surface area is 132 Å². The summed E-state index contributed by atoms with van der Waals surface area (Å²) < 4.78 is 111. The molecule has 132 valence electrons. The van der Waals surface area contributed by atoms with E-state index in [1.165, 1.54) is 0 Å². The second-order valence-electron chi connectivity index (χ2n) is 4.85. The Hall–Kier alpha value is -2.85. The van der Waals surface area contributed by atoms with Crippen molar-refractivity contribution in [3.63, 3.8) is 0 Å². The van der Waals surface area contributed by atoms with E-state index in [-0.39, 0.29) is 6.07 Å². The van der Waals surface area contributed by atoms with Gasteiger partial charge in [0.2, 0.25) is 5.82 Å². The highest BCUT2D eigenvalue weighted by atomic mass is 19.3. The maximum atomic E-state index is 14.0. The summed E-state index contributed by atoms with van der Waals surface area (Å²) in [7, 11) is 0. The van der Waals surface area contributed by atoms with Crippen molar-refractivity contribution in [3.8, 4) is 16.9 Å². The molecule has 1 amide bonds. The molecule has 3 nitrogen and oxygen atoms in total. The third kappa shape index (κ3) is 2.46. The van der Waals surface area contributed by atoms with Gasteiger partial charge < -0.3 is 10.1 Å². The first kappa shape index (κ1) is 17.0. The SMILES string of the molecule is O=C1Nc2cc(-c3c(F)c(F)c(F)c(F)c3F)c(F)cc2OC1(F)F. The summed E-state index contributed by atoms with van der Waals surface area (Å²) in [5.74, 6) is -16.2. The third-order valence-corrected chi connectivity index (χ3v) is 3.30. The summed E-state index contributed by atoms with van der Waals surface area (Å²) in [4.78, 5) is 11.1. The molecule has 0 unspecified atom stereocenters. The van der Waals surface area contributed by atoms with Gasteiger partial charge in [0, 0.05) is 11.6 Å². The van der Waals surface area contributed by atoms with E-state index in [0.717, 1.165) is 0 Å². The number of fused-ring (bicyclic) bond motifs is 1. The number of carbonyl (C=O) groups excluding carboxylic acids is 1. The zero-order valence-corrected chi connectivity index (χ0v) is 11.5. The van der Waals surface area contributed by atoms with Crippen LogP contribution in [0.4, 0.5) is 40.8 Å². The van der Waals surface area contributed by atoms with Gasteiger partial charge in [-0.15, -0.1) is 0 Å². The van der Waals surface area contributed by atoms with Crippen LogP contribution in [0.3, 0.4) is 0 Å². The largest absolute Gasteiger partial charge is 0.482 e. The van der Waals surface area contributed by atoms with Crippen LogP contribution in [0.25, 0.3) is 11.1 Å². The van der Waals surface area contributed by atoms with Crippen molar-refractivity contribution < 1.29 is 44.7 Å². The molecule has 0 saturated heterocycles. The van der Waals surface area contributed by atoms with E-state index >= 15 is 0 Å². The van der Waals surface area contributed by atoms with Gasteiger partial charge in [0.05, 0.1) is 11.3 Å². The molecule has 0 aromatic heterocycles. The number of ether oxygens (including phenoxy) is 1. The number of hydrogen-bond donors (Lipinski definition) is 1. The molecule has 2 aromatic rings.